The van der Waals surface area contributed by atoms with Crippen molar-refractivity contribution in [2.75, 3.05) is 26.8 Å². The predicted octanol–water partition coefficient (Wildman–Crippen LogP) is 3.08. The summed E-state index contributed by atoms with van der Waals surface area (Å²) in [6, 6.07) is 3.88. The molecular formula is C13H17ClN4OS2. The standard InChI is InChI=1S/C13H17ClN4OS2/c1-15-12(17-21-11-3-2-10(14)20-11)18-9-13(8-16-18)4-6-19-7-5-13/h2-3,8H,4-7,9H2,1H3,(H,15,17). The van der Waals surface area contributed by atoms with Crippen molar-refractivity contribution < 1.29 is 4.74 Å². The Bertz CT molecular complexity index is 554. The van der Waals surface area contributed by atoms with E-state index >= 15 is 0 Å². The molecule has 5 nitrogen and oxygen atoms in total. The average Bonchev–Trinajstić information content (AvgIpc) is 3.08. The number of hydrazone groups is 1. The van der Waals surface area contributed by atoms with Crippen molar-refractivity contribution in [3.63, 3.8) is 0 Å². The van der Waals surface area contributed by atoms with E-state index in [-0.39, 0.29) is 5.41 Å². The van der Waals surface area contributed by atoms with Crippen molar-refractivity contribution in [3.05, 3.63) is 16.5 Å². The van der Waals surface area contributed by atoms with Crippen molar-refractivity contribution in [2.24, 2.45) is 15.5 Å². The number of thiophene rings is 1. The fraction of sp³-hybridized carbons (Fsp3) is 0.538. The molecule has 8 heteroatoms. The van der Waals surface area contributed by atoms with Gasteiger partial charge >= 0.3 is 0 Å². The van der Waals surface area contributed by atoms with Crippen LogP contribution in [0.2, 0.25) is 4.34 Å². The molecule has 0 saturated carbocycles. The molecule has 3 rings (SSSR count). The number of hydrogen-bond donors (Lipinski definition) is 1. The highest BCUT2D eigenvalue weighted by Gasteiger charge is 2.38. The third-order valence-corrected chi connectivity index (χ3v) is 5.82. The summed E-state index contributed by atoms with van der Waals surface area (Å²) in [4.78, 5) is 4.31. The molecule has 21 heavy (non-hydrogen) atoms. The molecule has 0 unspecified atom stereocenters. The number of rotatable bonds is 2. The Balaban J connectivity index is 1.59. The van der Waals surface area contributed by atoms with Gasteiger partial charge in [0.2, 0.25) is 5.96 Å². The van der Waals surface area contributed by atoms with Crippen molar-refractivity contribution in [2.45, 2.75) is 17.1 Å². The van der Waals surface area contributed by atoms with Crippen LogP contribution in [0.4, 0.5) is 0 Å². The lowest BCUT2D eigenvalue weighted by molar-refractivity contribution is 0.0453. The molecule has 0 aliphatic carbocycles. The van der Waals surface area contributed by atoms with Crippen LogP contribution >= 0.6 is 34.9 Å². The topological polar surface area (TPSA) is 49.2 Å². The maximum absolute atomic E-state index is 5.94. The lowest BCUT2D eigenvalue weighted by Gasteiger charge is -2.31. The van der Waals surface area contributed by atoms with Gasteiger partial charge in [0.1, 0.15) is 0 Å². The molecule has 0 bridgehead atoms. The van der Waals surface area contributed by atoms with Gasteiger partial charge in [0, 0.05) is 31.9 Å². The van der Waals surface area contributed by atoms with Gasteiger partial charge in [-0.1, -0.05) is 11.6 Å². The van der Waals surface area contributed by atoms with Gasteiger partial charge in [-0.3, -0.25) is 9.71 Å². The predicted molar refractivity (Wildman–Crippen MR) is 89.4 cm³/mol. The van der Waals surface area contributed by atoms with Gasteiger partial charge in [-0.2, -0.15) is 5.10 Å². The van der Waals surface area contributed by atoms with Crippen LogP contribution in [0.15, 0.2) is 26.4 Å². The SMILES string of the molecule is CN=C(NSc1ccc(Cl)s1)N1CC2(C=N1)CCOCC2. The summed E-state index contributed by atoms with van der Waals surface area (Å²) < 4.78 is 10.6. The minimum atomic E-state index is 0.146. The molecule has 1 saturated heterocycles. The molecule has 1 fully saturated rings. The molecular weight excluding hydrogens is 328 g/mol. The Kier molecular flexibility index (Phi) is 4.73. The number of nitrogens with zero attached hydrogens (tertiary/aromatic N) is 3. The number of hydrogen-bond acceptors (Lipinski definition) is 5. The summed E-state index contributed by atoms with van der Waals surface area (Å²) >= 11 is 8.99. The van der Waals surface area contributed by atoms with E-state index in [1.165, 1.54) is 11.9 Å². The quantitative estimate of drug-likeness (QED) is 0.509. The molecule has 1 aromatic rings. The molecule has 0 atom stereocenters. The maximum Gasteiger partial charge on any atom is 0.225 e. The highest BCUT2D eigenvalue weighted by molar-refractivity contribution is 7.99. The van der Waals surface area contributed by atoms with E-state index in [1.54, 1.807) is 18.4 Å². The third kappa shape index (κ3) is 3.53. The Morgan fingerprint density at radius 2 is 2.33 bits per heavy atom. The fourth-order valence-electron chi connectivity index (χ4n) is 2.43. The van der Waals surface area contributed by atoms with Crippen LogP contribution in [-0.4, -0.2) is 44.0 Å². The van der Waals surface area contributed by atoms with Crippen molar-refractivity contribution in [3.8, 4) is 0 Å². The van der Waals surface area contributed by atoms with Gasteiger partial charge in [0.05, 0.1) is 15.1 Å². The molecule has 0 radical (unpaired) electrons. The van der Waals surface area contributed by atoms with Crippen LogP contribution in [0.25, 0.3) is 0 Å². The van der Waals surface area contributed by atoms with Gasteiger partial charge < -0.3 is 4.74 Å². The first-order valence-electron chi connectivity index (χ1n) is 6.76. The Morgan fingerprint density at radius 1 is 1.52 bits per heavy atom. The van der Waals surface area contributed by atoms with E-state index < -0.39 is 0 Å². The number of aliphatic imine (C=N–C) groups is 1. The largest absolute Gasteiger partial charge is 0.381 e. The van der Waals surface area contributed by atoms with E-state index in [0.717, 1.165) is 47.1 Å². The summed E-state index contributed by atoms with van der Waals surface area (Å²) in [5.41, 5.74) is 0.146. The Morgan fingerprint density at radius 3 is 3.00 bits per heavy atom. The monoisotopic (exact) mass is 344 g/mol. The van der Waals surface area contributed by atoms with Crippen molar-refractivity contribution in [1.29, 1.82) is 0 Å². The van der Waals surface area contributed by atoms with E-state index in [2.05, 4.69) is 21.0 Å². The van der Waals surface area contributed by atoms with Gasteiger partial charge in [-0.05, 0) is 36.9 Å². The number of halogens is 1. The van der Waals surface area contributed by atoms with Crippen LogP contribution in [0.3, 0.4) is 0 Å². The normalized spacial score (nSPS) is 21.2. The Hall–Kier alpha value is -0.760. The number of nitrogens with one attached hydrogen (secondary N) is 1. The first kappa shape index (κ1) is 15.1. The highest BCUT2D eigenvalue weighted by Crippen LogP contribution is 2.34. The Labute approximate surface area is 137 Å². The second-order valence-electron chi connectivity index (χ2n) is 5.09. The maximum atomic E-state index is 5.94. The minimum Gasteiger partial charge on any atom is -0.381 e. The van der Waals surface area contributed by atoms with Crippen LogP contribution in [-0.2, 0) is 4.74 Å². The van der Waals surface area contributed by atoms with Crippen molar-refractivity contribution in [1.82, 2.24) is 9.73 Å². The van der Waals surface area contributed by atoms with E-state index in [0.29, 0.717) is 0 Å². The molecule has 2 aliphatic rings. The second kappa shape index (κ2) is 6.56. The molecule has 3 heterocycles. The highest BCUT2D eigenvalue weighted by atomic mass is 35.5. The molecule has 1 spiro atoms. The van der Waals surface area contributed by atoms with Gasteiger partial charge in [-0.25, -0.2) is 5.01 Å². The van der Waals surface area contributed by atoms with Crippen LogP contribution in [0.5, 0.6) is 0 Å². The van der Waals surface area contributed by atoms with Crippen LogP contribution in [0.1, 0.15) is 12.8 Å². The first-order chi connectivity index (χ1) is 10.2. The van der Waals surface area contributed by atoms with Gasteiger partial charge in [-0.15, -0.1) is 11.3 Å². The van der Waals surface area contributed by atoms with Crippen LogP contribution < -0.4 is 4.72 Å². The number of guanidine groups is 1. The summed E-state index contributed by atoms with van der Waals surface area (Å²) in [6.45, 7) is 2.49. The van der Waals surface area contributed by atoms with E-state index in [4.69, 9.17) is 16.3 Å². The molecule has 2 aliphatic heterocycles. The van der Waals surface area contributed by atoms with E-state index in [9.17, 15) is 0 Å². The smallest absolute Gasteiger partial charge is 0.225 e. The zero-order valence-corrected chi connectivity index (χ0v) is 14.1. The molecule has 0 aromatic carbocycles. The molecule has 1 aromatic heterocycles. The second-order valence-corrected chi connectivity index (χ2v) is 7.91. The summed E-state index contributed by atoms with van der Waals surface area (Å²) in [5.74, 6) is 0.768. The minimum absolute atomic E-state index is 0.146. The first-order valence-corrected chi connectivity index (χ1v) is 8.77. The summed E-state index contributed by atoms with van der Waals surface area (Å²) in [7, 11) is 1.77. The zero-order chi connectivity index (χ0) is 14.7. The summed E-state index contributed by atoms with van der Waals surface area (Å²) in [5, 5.41) is 6.46. The summed E-state index contributed by atoms with van der Waals surface area (Å²) in [6.07, 6.45) is 4.12. The van der Waals surface area contributed by atoms with Gasteiger partial charge in [0.15, 0.2) is 0 Å². The molecule has 114 valence electrons. The molecule has 0 amide bonds. The molecule has 1 N–H and O–H groups in total. The van der Waals surface area contributed by atoms with Crippen LogP contribution in [0, 0.1) is 5.41 Å². The zero-order valence-electron chi connectivity index (χ0n) is 11.7. The lowest BCUT2D eigenvalue weighted by Crippen LogP contribution is -2.40. The fourth-order valence-corrected chi connectivity index (χ4v) is 4.43. The van der Waals surface area contributed by atoms with E-state index in [1.807, 2.05) is 17.1 Å². The lowest BCUT2D eigenvalue weighted by atomic mass is 9.82. The van der Waals surface area contributed by atoms with Crippen molar-refractivity contribution >= 4 is 47.1 Å². The average molecular weight is 345 g/mol. The number of ether oxygens (including phenoxy) is 1. The van der Waals surface area contributed by atoms with Gasteiger partial charge in [0.25, 0.3) is 0 Å². The third-order valence-electron chi connectivity index (χ3n) is 3.67.